The van der Waals surface area contributed by atoms with Gasteiger partial charge in [0.25, 0.3) is 0 Å². The Hall–Kier alpha value is -1.06. The summed E-state index contributed by atoms with van der Waals surface area (Å²) in [7, 11) is 1.75. The first-order valence-corrected chi connectivity index (χ1v) is 7.64. The van der Waals surface area contributed by atoms with E-state index < -0.39 is 0 Å². The van der Waals surface area contributed by atoms with Crippen molar-refractivity contribution in [3.63, 3.8) is 0 Å². The number of benzene rings is 1. The molecular formula is C18H31NO2. The number of nitrogens with one attached hydrogen (secondary N) is 1. The van der Waals surface area contributed by atoms with Crippen LogP contribution in [0.5, 0.6) is 5.75 Å². The Labute approximate surface area is 129 Å². The van der Waals surface area contributed by atoms with Crippen LogP contribution in [0.3, 0.4) is 0 Å². The van der Waals surface area contributed by atoms with Crippen LogP contribution >= 0.6 is 0 Å². The van der Waals surface area contributed by atoms with Gasteiger partial charge in [-0.1, -0.05) is 53.7 Å². The molecule has 0 aliphatic carbocycles. The fourth-order valence-corrected chi connectivity index (χ4v) is 2.44. The third-order valence-corrected chi connectivity index (χ3v) is 3.59. The summed E-state index contributed by atoms with van der Waals surface area (Å²) in [5, 5.41) is 12.2. The van der Waals surface area contributed by atoms with Gasteiger partial charge in [-0.25, -0.2) is 0 Å². The second-order valence-electron chi connectivity index (χ2n) is 7.62. The second-order valence-corrected chi connectivity index (χ2v) is 7.62. The largest absolute Gasteiger partial charge is 0.496 e. The molecule has 0 fully saturated rings. The molecule has 0 saturated carbocycles. The normalized spacial score (nSPS) is 12.6. The van der Waals surface area contributed by atoms with Gasteiger partial charge in [0.05, 0.1) is 13.7 Å². The predicted molar refractivity (Wildman–Crippen MR) is 89.2 cm³/mol. The van der Waals surface area contributed by atoms with Crippen LogP contribution in [0.25, 0.3) is 0 Å². The topological polar surface area (TPSA) is 41.5 Å². The van der Waals surface area contributed by atoms with E-state index in [0.717, 1.165) is 12.3 Å². The Morgan fingerprint density at radius 2 is 1.48 bits per heavy atom. The fourth-order valence-electron chi connectivity index (χ4n) is 2.44. The van der Waals surface area contributed by atoms with Crippen LogP contribution in [0.2, 0.25) is 0 Å². The number of rotatable bonds is 5. The van der Waals surface area contributed by atoms with E-state index in [1.165, 1.54) is 16.7 Å². The van der Waals surface area contributed by atoms with Crippen LogP contribution in [0, 0.1) is 0 Å². The lowest BCUT2D eigenvalue weighted by atomic mass is 9.78. The minimum Gasteiger partial charge on any atom is -0.496 e. The molecular weight excluding hydrogens is 262 g/mol. The molecule has 21 heavy (non-hydrogen) atoms. The zero-order valence-corrected chi connectivity index (χ0v) is 14.6. The van der Waals surface area contributed by atoms with Gasteiger partial charge in [0.1, 0.15) is 5.75 Å². The van der Waals surface area contributed by atoms with E-state index in [9.17, 15) is 0 Å². The average molecular weight is 293 g/mol. The zero-order valence-electron chi connectivity index (χ0n) is 14.6. The maximum Gasteiger partial charge on any atom is 0.126 e. The van der Waals surface area contributed by atoms with Gasteiger partial charge >= 0.3 is 0 Å². The predicted octanol–water partition coefficient (Wildman–Crippen LogP) is 3.37. The van der Waals surface area contributed by atoms with E-state index in [2.05, 4.69) is 59.0 Å². The number of hydrogen-bond acceptors (Lipinski definition) is 3. The Morgan fingerprint density at radius 1 is 1.00 bits per heavy atom. The smallest absolute Gasteiger partial charge is 0.126 e. The van der Waals surface area contributed by atoms with Crippen molar-refractivity contribution in [3.05, 3.63) is 28.8 Å². The molecule has 0 bridgehead atoms. The van der Waals surface area contributed by atoms with Gasteiger partial charge in [-0.15, -0.1) is 0 Å². The molecule has 1 rings (SSSR count). The van der Waals surface area contributed by atoms with Gasteiger partial charge in [0, 0.05) is 24.2 Å². The van der Waals surface area contributed by atoms with Crippen molar-refractivity contribution >= 4 is 0 Å². The molecule has 120 valence electrons. The van der Waals surface area contributed by atoms with E-state index in [1.807, 2.05) is 0 Å². The highest BCUT2D eigenvalue weighted by molar-refractivity contribution is 5.50. The maximum atomic E-state index is 8.91. The number of methoxy groups -OCH3 is 1. The lowest BCUT2D eigenvalue weighted by Crippen LogP contribution is -2.22. The molecule has 0 radical (unpaired) electrons. The van der Waals surface area contributed by atoms with E-state index in [1.54, 1.807) is 7.11 Å². The minimum atomic E-state index is 0.0261. The zero-order chi connectivity index (χ0) is 16.3. The number of aliphatic hydroxyl groups is 1. The van der Waals surface area contributed by atoms with Crippen LogP contribution in [-0.4, -0.2) is 25.4 Å². The fraction of sp³-hybridized carbons (Fsp3) is 0.667. The van der Waals surface area contributed by atoms with Crippen molar-refractivity contribution in [2.24, 2.45) is 0 Å². The van der Waals surface area contributed by atoms with Crippen molar-refractivity contribution in [3.8, 4) is 5.75 Å². The lowest BCUT2D eigenvalue weighted by molar-refractivity contribution is 0.292. The van der Waals surface area contributed by atoms with Crippen LogP contribution in [0.1, 0.15) is 58.2 Å². The monoisotopic (exact) mass is 293 g/mol. The van der Waals surface area contributed by atoms with E-state index >= 15 is 0 Å². The minimum absolute atomic E-state index is 0.0261. The Balaban J connectivity index is 3.37. The highest BCUT2D eigenvalue weighted by Gasteiger charge is 2.27. The molecule has 3 nitrogen and oxygen atoms in total. The van der Waals surface area contributed by atoms with Crippen molar-refractivity contribution < 1.29 is 9.84 Å². The third-order valence-electron chi connectivity index (χ3n) is 3.59. The molecule has 1 aromatic carbocycles. The Morgan fingerprint density at radius 3 is 1.81 bits per heavy atom. The van der Waals surface area contributed by atoms with Gasteiger partial charge in [-0.3, -0.25) is 0 Å². The van der Waals surface area contributed by atoms with Crippen molar-refractivity contribution in [2.75, 3.05) is 20.3 Å². The molecule has 0 atom stereocenters. The molecule has 0 aromatic heterocycles. The highest BCUT2D eigenvalue weighted by Crippen LogP contribution is 2.40. The quantitative estimate of drug-likeness (QED) is 0.818. The molecule has 1 aromatic rings. The van der Waals surface area contributed by atoms with Crippen molar-refractivity contribution in [1.82, 2.24) is 5.32 Å². The summed E-state index contributed by atoms with van der Waals surface area (Å²) >= 11 is 0. The van der Waals surface area contributed by atoms with E-state index in [4.69, 9.17) is 9.84 Å². The Kier molecular flexibility index (Phi) is 5.83. The first kappa shape index (κ1) is 18.0. The van der Waals surface area contributed by atoms with Gasteiger partial charge in [-0.2, -0.15) is 0 Å². The van der Waals surface area contributed by atoms with E-state index in [-0.39, 0.29) is 17.4 Å². The SMILES string of the molecule is COc1c(C(C)(C)C)cc(CNCCO)cc1C(C)(C)C. The summed E-state index contributed by atoms with van der Waals surface area (Å²) in [5.74, 6) is 1.00. The summed E-state index contributed by atoms with van der Waals surface area (Å²) in [4.78, 5) is 0. The second kappa shape index (κ2) is 6.80. The van der Waals surface area contributed by atoms with Crippen molar-refractivity contribution in [2.45, 2.75) is 58.9 Å². The molecule has 0 amide bonds. The molecule has 0 unspecified atom stereocenters. The average Bonchev–Trinajstić information content (AvgIpc) is 2.36. The molecule has 0 aliphatic heterocycles. The molecule has 0 saturated heterocycles. The number of ether oxygens (including phenoxy) is 1. The molecule has 0 heterocycles. The van der Waals surface area contributed by atoms with Crippen LogP contribution in [0.4, 0.5) is 0 Å². The first-order valence-electron chi connectivity index (χ1n) is 7.64. The van der Waals surface area contributed by atoms with Gasteiger partial charge in [-0.05, 0) is 16.4 Å². The third kappa shape index (κ3) is 4.72. The highest BCUT2D eigenvalue weighted by atomic mass is 16.5. The number of hydrogen-bond donors (Lipinski definition) is 2. The maximum absolute atomic E-state index is 8.91. The Bertz CT molecular complexity index is 432. The summed E-state index contributed by atoms with van der Waals surface area (Å²) in [6, 6.07) is 4.44. The van der Waals surface area contributed by atoms with Crippen LogP contribution in [-0.2, 0) is 17.4 Å². The lowest BCUT2D eigenvalue weighted by Gasteiger charge is -2.30. The first-order chi connectivity index (χ1) is 9.61. The van der Waals surface area contributed by atoms with Gasteiger partial charge in [0.2, 0.25) is 0 Å². The van der Waals surface area contributed by atoms with Crippen molar-refractivity contribution in [1.29, 1.82) is 0 Å². The van der Waals surface area contributed by atoms with Gasteiger partial charge in [0.15, 0.2) is 0 Å². The summed E-state index contributed by atoms with van der Waals surface area (Å²) in [6.07, 6.45) is 0. The molecule has 2 N–H and O–H groups in total. The number of aliphatic hydroxyl groups excluding tert-OH is 1. The van der Waals surface area contributed by atoms with E-state index in [0.29, 0.717) is 6.54 Å². The molecule has 3 heteroatoms. The van der Waals surface area contributed by atoms with Gasteiger partial charge < -0.3 is 15.2 Å². The summed E-state index contributed by atoms with van der Waals surface area (Å²) < 4.78 is 5.75. The standard InChI is InChI=1S/C18H31NO2/c1-17(2,3)14-10-13(12-19-8-9-20)11-15(16(14)21-7)18(4,5)6/h10-11,19-20H,8-9,12H2,1-7H3. The molecule has 0 spiro atoms. The van der Waals surface area contributed by atoms with Crippen LogP contribution < -0.4 is 10.1 Å². The molecule has 0 aliphatic rings. The summed E-state index contributed by atoms with van der Waals surface area (Å²) in [6.45, 7) is 14.8. The van der Waals surface area contributed by atoms with Crippen LogP contribution in [0.15, 0.2) is 12.1 Å². The summed E-state index contributed by atoms with van der Waals surface area (Å²) in [5.41, 5.74) is 3.76.